The smallest absolute Gasteiger partial charge is 0.164 e. The van der Waals surface area contributed by atoms with Gasteiger partial charge >= 0.3 is 0 Å². The fourth-order valence-corrected chi connectivity index (χ4v) is 2.43. The molecule has 0 saturated carbocycles. The van der Waals surface area contributed by atoms with E-state index in [4.69, 9.17) is 16.3 Å². The standard InChI is InChI=1S/C15H16ClN3O/c16-12-3-5-13(6-4-12)20-14-9-18-15(19-10-14)11-2-1-7-17-8-11/h3-6,9-11,17H,1-2,7-8H2. The number of hydrogen-bond donors (Lipinski definition) is 1. The first-order chi connectivity index (χ1) is 9.81. The van der Waals surface area contributed by atoms with Crippen LogP contribution in [0.1, 0.15) is 24.6 Å². The van der Waals surface area contributed by atoms with E-state index in [1.165, 1.54) is 6.42 Å². The molecule has 1 aliphatic rings. The SMILES string of the molecule is Clc1ccc(Oc2cnc(C3CCCNC3)nc2)cc1. The van der Waals surface area contributed by atoms with Gasteiger partial charge in [-0.3, -0.25) is 0 Å². The van der Waals surface area contributed by atoms with E-state index < -0.39 is 0 Å². The lowest BCUT2D eigenvalue weighted by Gasteiger charge is -2.21. The Morgan fingerprint density at radius 2 is 1.85 bits per heavy atom. The Bertz CT molecular complexity index is 550. The monoisotopic (exact) mass is 289 g/mol. The van der Waals surface area contributed by atoms with E-state index in [1.807, 2.05) is 12.1 Å². The highest BCUT2D eigenvalue weighted by Gasteiger charge is 2.17. The van der Waals surface area contributed by atoms with Crippen molar-refractivity contribution in [3.8, 4) is 11.5 Å². The second kappa shape index (κ2) is 6.20. The minimum Gasteiger partial charge on any atom is -0.454 e. The topological polar surface area (TPSA) is 47.0 Å². The molecule has 0 amide bonds. The summed E-state index contributed by atoms with van der Waals surface area (Å²) in [5, 5.41) is 4.06. The van der Waals surface area contributed by atoms with Crippen molar-refractivity contribution in [2.24, 2.45) is 0 Å². The maximum atomic E-state index is 5.84. The number of benzene rings is 1. The number of hydrogen-bond acceptors (Lipinski definition) is 4. The van der Waals surface area contributed by atoms with E-state index in [0.717, 1.165) is 31.1 Å². The number of ether oxygens (including phenoxy) is 1. The second-order valence-corrected chi connectivity index (χ2v) is 5.31. The third-order valence-corrected chi connectivity index (χ3v) is 3.61. The van der Waals surface area contributed by atoms with Crippen molar-refractivity contribution in [2.45, 2.75) is 18.8 Å². The van der Waals surface area contributed by atoms with Crippen LogP contribution in [0, 0.1) is 0 Å². The average Bonchev–Trinajstić information content (AvgIpc) is 2.51. The van der Waals surface area contributed by atoms with E-state index >= 15 is 0 Å². The highest BCUT2D eigenvalue weighted by Crippen LogP contribution is 2.24. The first kappa shape index (κ1) is 13.3. The Balaban J connectivity index is 1.67. The molecule has 0 bridgehead atoms. The number of rotatable bonds is 3. The van der Waals surface area contributed by atoms with Gasteiger partial charge in [0, 0.05) is 17.5 Å². The summed E-state index contributed by atoms with van der Waals surface area (Å²) in [5.41, 5.74) is 0. The molecule has 1 atom stereocenters. The Kier molecular flexibility index (Phi) is 4.14. The Morgan fingerprint density at radius 3 is 2.50 bits per heavy atom. The van der Waals surface area contributed by atoms with Gasteiger partial charge in [0.15, 0.2) is 5.75 Å². The van der Waals surface area contributed by atoms with Gasteiger partial charge in [-0.2, -0.15) is 0 Å². The molecule has 1 saturated heterocycles. The summed E-state index contributed by atoms with van der Waals surface area (Å²) >= 11 is 5.84. The molecular formula is C15H16ClN3O. The van der Waals surface area contributed by atoms with E-state index in [1.54, 1.807) is 24.5 Å². The molecule has 2 aromatic rings. The molecule has 0 spiro atoms. The van der Waals surface area contributed by atoms with Crippen molar-refractivity contribution in [2.75, 3.05) is 13.1 Å². The number of piperidine rings is 1. The summed E-state index contributed by atoms with van der Waals surface area (Å²) in [4.78, 5) is 8.83. The lowest BCUT2D eigenvalue weighted by atomic mass is 9.99. The lowest BCUT2D eigenvalue weighted by molar-refractivity contribution is 0.440. The van der Waals surface area contributed by atoms with Crippen LogP contribution < -0.4 is 10.1 Å². The lowest BCUT2D eigenvalue weighted by Crippen LogP contribution is -2.29. The van der Waals surface area contributed by atoms with E-state index in [2.05, 4.69) is 15.3 Å². The van der Waals surface area contributed by atoms with Crippen molar-refractivity contribution in [1.29, 1.82) is 0 Å². The van der Waals surface area contributed by atoms with Crippen LogP contribution in [0.5, 0.6) is 11.5 Å². The van der Waals surface area contributed by atoms with Crippen molar-refractivity contribution in [1.82, 2.24) is 15.3 Å². The largest absolute Gasteiger partial charge is 0.454 e. The molecule has 0 aliphatic carbocycles. The molecule has 2 heterocycles. The maximum absolute atomic E-state index is 5.84. The van der Waals surface area contributed by atoms with Crippen molar-refractivity contribution in [3.05, 3.63) is 47.5 Å². The zero-order valence-corrected chi connectivity index (χ0v) is 11.8. The van der Waals surface area contributed by atoms with E-state index in [-0.39, 0.29) is 0 Å². The highest BCUT2D eigenvalue weighted by molar-refractivity contribution is 6.30. The number of halogens is 1. The average molecular weight is 290 g/mol. The zero-order chi connectivity index (χ0) is 13.8. The molecular weight excluding hydrogens is 274 g/mol. The summed E-state index contributed by atoms with van der Waals surface area (Å²) in [5.74, 6) is 2.67. The van der Waals surface area contributed by atoms with Gasteiger partial charge in [-0.15, -0.1) is 0 Å². The van der Waals surface area contributed by atoms with Gasteiger partial charge in [-0.05, 0) is 43.7 Å². The molecule has 1 unspecified atom stereocenters. The first-order valence-electron chi connectivity index (χ1n) is 6.77. The van der Waals surface area contributed by atoms with Crippen molar-refractivity contribution < 1.29 is 4.74 Å². The maximum Gasteiger partial charge on any atom is 0.164 e. The molecule has 5 heteroatoms. The summed E-state index contributed by atoms with van der Waals surface area (Å²) < 4.78 is 5.68. The summed E-state index contributed by atoms with van der Waals surface area (Å²) in [6, 6.07) is 7.22. The molecule has 3 rings (SSSR count). The van der Waals surface area contributed by atoms with Crippen LogP contribution in [-0.2, 0) is 0 Å². The van der Waals surface area contributed by atoms with Crippen LogP contribution in [-0.4, -0.2) is 23.1 Å². The summed E-state index contributed by atoms with van der Waals surface area (Å²) in [6.45, 7) is 2.05. The zero-order valence-electron chi connectivity index (χ0n) is 11.1. The predicted molar refractivity (Wildman–Crippen MR) is 78.4 cm³/mol. The van der Waals surface area contributed by atoms with Gasteiger partial charge < -0.3 is 10.1 Å². The molecule has 1 aliphatic heterocycles. The highest BCUT2D eigenvalue weighted by atomic mass is 35.5. The molecule has 104 valence electrons. The third kappa shape index (κ3) is 3.26. The van der Waals surface area contributed by atoms with Crippen LogP contribution in [0.25, 0.3) is 0 Å². The van der Waals surface area contributed by atoms with Crippen LogP contribution in [0.15, 0.2) is 36.7 Å². The van der Waals surface area contributed by atoms with Crippen LogP contribution in [0.4, 0.5) is 0 Å². The van der Waals surface area contributed by atoms with Gasteiger partial charge in [-0.25, -0.2) is 9.97 Å². The summed E-state index contributed by atoms with van der Waals surface area (Å²) in [7, 11) is 0. The Morgan fingerprint density at radius 1 is 1.10 bits per heavy atom. The first-order valence-corrected chi connectivity index (χ1v) is 7.15. The van der Waals surface area contributed by atoms with E-state index in [0.29, 0.717) is 16.7 Å². The predicted octanol–water partition coefficient (Wildman–Crippen LogP) is 3.39. The van der Waals surface area contributed by atoms with Crippen LogP contribution >= 0.6 is 11.6 Å². The third-order valence-electron chi connectivity index (χ3n) is 3.36. The van der Waals surface area contributed by atoms with Gasteiger partial charge in [-0.1, -0.05) is 11.6 Å². The summed E-state index contributed by atoms with van der Waals surface area (Å²) in [6.07, 6.45) is 5.78. The van der Waals surface area contributed by atoms with Crippen molar-refractivity contribution in [3.63, 3.8) is 0 Å². The Labute approximate surface area is 123 Å². The second-order valence-electron chi connectivity index (χ2n) is 4.88. The van der Waals surface area contributed by atoms with E-state index in [9.17, 15) is 0 Å². The van der Waals surface area contributed by atoms with Crippen LogP contribution in [0.2, 0.25) is 5.02 Å². The molecule has 0 radical (unpaired) electrons. The minimum absolute atomic E-state index is 0.410. The van der Waals surface area contributed by atoms with Crippen molar-refractivity contribution >= 4 is 11.6 Å². The number of nitrogens with one attached hydrogen (secondary N) is 1. The number of aromatic nitrogens is 2. The molecule has 1 N–H and O–H groups in total. The fourth-order valence-electron chi connectivity index (χ4n) is 2.30. The fraction of sp³-hybridized carbons (Fsp3) is 0.333. The molecule has 4 nitrogen and oxygen atoms in total. The normalized spacial score (nSPS) is 18.8. The molecule has 1 fully saturated rings. The molecule has 1 aromatic heterocycles. The molecule has 1 aromatic carbocycles. The minimum atomic E-state index is 0.410. The van der Waals surface area contributed by atoms with Crippen LogP contribution in [0.3, 0.4) is 0 Å². The quantitative estimate of drug-likeness (QED) is 0.941. The van der Waals surface area contributed by atoms with Gasteiger partial charge in [0.25, 0.3) is 0 Å². The molecule has 20 heavy (non-hydrogen) atoms. The van der Waals surface area contributed by atoms with Gasteiger partial charge in [0.1, 0.15) is 11.6 Å². The Hall–Kier alpha value is -1.65. The van der Waals surface area contributed by atoms with Gasteiger partial charge in [0.05, 0.1) is 12.4 Å². The van der Waals surface area contributed by atoms with Gasteiger partial charge in [0.2, 0.25) is 0 Å². The number of nitrogens with zero attached hydrogens (tertiary/aromatic N) is 2.